The van der Waals surface area contributed by atoms with Crippen molar-refractivity contribution in [2.75, 3.05) is 14.2 Å². The summed E-state index contributed by atoms with van der Waals surface area (Å²) in [6, 6.07) is 11.7. The van der Waals surface area contributed by atoms with Crippen LogP contribution in [0, 0.1) is 13.8 Å². The molecule has 2 rings (SSSR count). The van der Waals surface area contributed by atoms with Gasteiger partial charge in [0.05, 0.1) is 14.2 Å². The van der Waals surface area contributed by atoms with Crippen molar-refractivity contribution in [3.05, 3.63) is 53.1 Å². The smallest absolute Gasteiger partial charge is 0.128 e. The summed E-state index contributed by atoms with van der Waals surface area (Å²) in [5.74, 6) is 2.56. The lowest BCUT2D eigenvalue weighted by atomic mass is 10.0. The number of para-hydroxylation sites is 1. The Morgan fingerprint density at radius 1 is 0.950 bits per heavy atom. The largest absolute Gasteiger partial charge is 0.496 e. The van der Waals surface area contributed by atoms with Gasteiger partial charge in [0.25, 0.3) is 0 Å². The first-order valence-electron chi connectivity index (χ1n) is 6.56. The van der Waals surface area contributed by atoms with Crippen LogP contribution in [0.4, 0.5) is 0 Å². The summed E-state index contributed by atoms with van der Waals surface area (Å²) in [5, 5.41) is 0. The van der Waals surface area contributed by atoms with Crippen LogP contribution in [0.25, 0.3) is 0 Å². The van der Waals surface area contributed by atoms with Crippen molar-refractivity contribution in [1.82, 2.24) is 0 Å². The highest BCUT2D eigenvalue weighted by Crippen LogP contribution is 2.34. The topological polar surface area (TPSA) is 27.7 Å². The zero-order valence-corrected chi connectivity index (χ0v) is 12.4. The zero-order valence-electron chi connectivity index (χ0n) is 12.4. The van der Waals surface area contributed by atoms with Crippen molar-refractivity contribution in [1.29, 1.82) is 0 Å². The molecule has 0 N–H and O–H groups in total. The van der Waals surface area contributed by atoms with Gasteiger partial charge in [-0.15, -0.1) is 0 Å². The fourth-order valence-corrected chi connectivity index (χ4v) is 2.27. The molecule has 0 aliphatic carbocycles. The van der Waals surface area contributed by atoms with Crippen molar-refractivity contribution >= 4 is 0 Å². The van der Waals surface area contributed by atoms with Gasteiger partial charge in [-0.05, 0) is 37.6 Å². The Bertz CT molecular complexity index is 577. The van der Waals surface area contributed by atoms with Gasteiger partial charge in [-0.1, -0.05) is 18.2 Å². The van der Waals surface area contributed by atoms with Crippen LogP contribution in [-0.2, 0) is 6.61 Å². The van der Waals surface area contributed by atoms with Crippen LogP contribution in [0.15, 0.2) is 36.4 Å². The number of rotatable bonds is 5. The van der Waals surface area contributed by atoms with Crippen molar-refractivity contribution in [2.24, 2.45) is 0 Å². The summed E-state index contributed by atoms with van der Waals surface area (Å²) in [4.78, 5) is 0. The average Bonchev–Trinajstić information content (AvgIpc) is 2.48. The lowest BCUT2D eigenvalue weighted by Crippen LogP contribution is -2.04. The fourth-order valence-electron chi connectivity index (χ4n) is 2.27. The van der Waals surface area contributed by atoms with E-state index in [4.69, 9.17) is 14.2 Å². The summed E-state index contributed by atoms with van der Waals surface area (Å²) < 4.78 is 16.8. The molecule has 0 amide bonds. The molecule has 20 heavy (non-hydrogen) atoms. The third kappa shape index (κ3) is 2.87. The molecule has 0 saturated carbocycles. The molecule has 2 aromatic carbocycles. The maximum Gasteiger partial charge on any atom is 0.128 e. The van der Waals surface area contributed by atoms with Crippen LogP contribution in [0.2, 0.25) is 0 Å². The van der Waals surface area contributed by atoms with E-state index in [1.807, 2.05) is 50.2 Å². The second-order valence-corrected chi connectivity index (χ2v) is 4.63. The zero-order chi connectivity index (χ0) is 14.5. The van der Waals surface area contributed by atoms with E-state index in [9.17, 15) is 0 Å². The van der Waals surface area contributed by atoms with E-state index in [0.29, 0.717) is 6.61 Å². The first kappa shape index (κ1) is 14.3. The van der Waals surface area contributed by atoms with Gasteiger partial charge in [0.1, 0.15) is 23.9 Å². The van der Waals surface area contributed by atoms with Crippen molar-refractivity contribution in [3.8, 4) is 17.2 Å². The number of benzene rings is 2. The molecular weight excluding hydrogens is 252 g/mol. The maximum absolute atomic E-state index is 5.83. The summed E-state index contributed by atoms with van der Waals surface area (Å²) in [6.07, 6.45) is 0. The highest BCUT2D eigenvalue weighted by atomic mass is 16.5. The van der Waals surface area contributed by atoms with E-state index in [1.165, 1.54) is 0 Å². The molecule has 0 bridgehead atoms. The van der Waals surface area contributed by atoms with E-state index < -0.39 is 0 Å². The van der Waals surface area contributed by atoms with E-state index >= 15 is 0 Å². The third-order valence-corrected chi connectivity index (χ3v) is 3.35. The van der Waals surface area contributed by atoms with E-state index in [1.54, 1.807) is 14.2 Å². The van der Waals surface area contributed by atoms with Gasteiger partial charge in [0.15, 0.2) is 0 Å². The van der Waals surface area contributed by atoms with E-state index in [0.717, 1.165) is 33.9 Å². The Labute approximate surface area is 120 Å². The number of methoxy groups -OCH3 is 2. The monoisotopic (exact) mass is 272 g/mol. The van der Waals surface area contributed by atoms with Gasteiger partial charge in [-0.25, -0.2) is 0 Å². The molecule has 0 radical (unpaired) electrons. The van der Waals surface area contributed by atoms with Crippen molar-refractivity contribution in [2.45, 2.75) is 20.5 Å². The van der Waals surface area contributed by atoms with Crippen LogP contribution in [0.3, 0.4) is 0 Å². The molecule has 0 aliphatic rings. The van der Waals surface area contributed by atoms with Crippen LogP contribution >= 0.6 is 0 Å². The molecule has 0 aromatic heterocycles. The highest BCUT2D eigenvalue weighted by molar-refractivity contribution is 5.52. The molecule has 0 atom stereocenters. The number of ether oxygens (including phenoxy) is 3. The molecule has 0 saturated heterocycles. The molecule has 3 heteroatoms. The summed E-state index contributed by atoms with van der Waals surface area (Å²) in [6.45, 7) is 4.48. The molecule has 3 nitrogen and oxygen atoms in total. The Hall–Kier alpha value is -2.16. The van der Waals surface area contributed by atoms with Crippen LogP contribution < -0.4 is 14.2 Å². The highest BCUT2D eigenvalue weighted by Gasteiger charge is 2.15. The first-order valence-corrected chi connectivity index (χ1v) is 6.56. The van der Waals surface area contributed by atoms with Gasteiger partial charge in [0, 0.05) is 11.1 Å². The van der Waals surface area contributed by atoms with E-state index in [2.05, 4.69) is 0 Å². The predicted octanol–water partition coefficient (Wildman–Crippen LogP) is 3.90. The number of aryl methyl sites for hydroxylation is 1. The number of hydrogen-bond acceptors (Lipinski definition) is 3. The minimum absolute atomic E-state index is 0.455. The van der Waals surface area contributed by atoms with Crippen LogP contribution in [0.5, 0.6) is 17.2 Å². The minimum atomic E-state index is 0.455. The summed E-state index contributed by atoms with van der Waals surface area (Å²) >= 11 is 0. The molecular formula is C17H20O3. The lowest BCUT2D eigenvalue weighted by Gasteiger charge is -2.17. The number of hydrogen-bond donors (Lipinski definition) is 0. The quantitative estimate of drug-likeness (QED) is 0.826. The van der Waals surface area contributed by atoms with Crippen LogP contribution in [0.1, 0.15) is 16.7 Å². The van der Waals surface area contributed by atoms with Crippen molar-refractivity contribution in [3.63, 3.8) is 0 Å². The Balaban J connectivity index is 2.32. The lowest BCUT2D eigenvalue weighted by molar-refractivity contribution is 0.293. The molecule has 106 valence electrons. The van der Waals surface area contributed by atoms with Gasteiger partial charge in [-0.3, -0.25) is 0 Å². The van der Waals surface area contributed by atoms with Gasteiger partial charge < -0.3 is 14.2 Å². The normalized spacial score (nSPS) is 10.2. The average molecular weight is 272 g/mol. The molecule has 0 spiro atoms. The standard InChI is InChI=1S/C17H20O3/c1-12-10-16(18-3)13(2)15(17(12)19-4)11-20-14-8-6-5-7-9-14/h5-10H,11H2,1-4H3. The first-order chi connectivity index (χ1) is 9.67. The second-order valence-electron chi connectivity index (χ2n) is 4.63. The maximum atomic E-state index is 5.83. The predicted molar refractivity (Wildman–Crippen MR) is 79.8 cm³/mol. The molecule has 0 unspecified atom stereocenters. The van der Waals surface area contributed by atoms with E-state index in [-0.39, 0.29) is 0 Å². The minimum Gasteiger partial charge on any atom is -0.496 e. The summed E-state index contributed by atoms with van der Waals surface area (Å²) in [7, 11) is 3.36. The molecule has 0 fully saturated rings. The molecule has 0 aliphatic heterocycles. The van der Waals surface area contributed by atoms with Crippen molar-refractivity contribution < 1.29 is 14.2 Å². The van der Waals surface area contributed by atoms with Crippen LogP contribution in [-0.4, -0.2) is 14.2 Å². The third-order valence-electron chi connectivity index (χ3n) is 3.35. The molecule has 0 heterocycles. The fraction of sp³-hybridized carbons (Fsp3) is 0.294. The Morgan fingerprint density at radius 2 is 1.65 bits per heavy atom. The van der Waals surface area contributed by atoms with Gasteiger partial charge >= 0.3 is 0 Å². The Kier molecular flexibility index (Phi) is 4.51. The van der Waals surface area contributed by atoms with Gasteiger partial charge in [-0.2, -0.15) is 0 Å². The summed E-state index contributed by atoms with van der Waals surface area (Å²) in [5.41, 5.74) is 3.11. The van der Waals surface area contributed by atoms with Gasteiger partial charge in [0.2, 0.25) is 0 Å². The SMILES string of the molecule is COc1cc(C)c(OC)c(COc2ccccc2)c1C. The Morgan fingerprint density at radius 3 is 2.25 bits per heavy atom. The second kappa shape index (κ2) is 6.33. The molecule has 2 aromatic rings.